The molecule has 3 nitrogen and oxygen atoms in total. The second-order valence-corrected chi connectivity index (χ2v) is 5.67. The van der Waals surface area contributed by atoms with Crippen LogP contribution in [-0.2, 0) is 9.09 Å². The first-order chi connectivity index (χ1) is 5.17. The fraction of sp³-hybridized carbons (Fsp3) is 1.00. The van der Waals surface area contributed by atoms with E-state index in [2.05, 4.69) is 0 Å². The third-order valence-corrected chi connectivity index (χ3v) is 4.27. The first-order valence-electron chi connectivity index (χ1n) is 3.42. The predicted molar refractivity (Wildman–Crippen MR) is 46.3 cm³/mol. The third-order valence-electron chi connectivity index (χ3n) is 1.49. The number of rotatable bonds is 3. The number of alkyl halides is 1. The van der Waals surface area contributed by atoms with Crippen LogP contribution in [0.1, 0.15) is 6.42 Å². The van der Waals surface area contributed by atoms with Crippen LogP contribution in [0.3, 0.4) is 0 Å². The topological polar surface area (TPSA) is 29.5 Å². The molecule has 1 atom stereocenters. The summed E-state index contributed by atoms with van der Waals surface area (Å²) in [5.41, 5.74) is 0. The summed E-state index contributed by atoms with van der Waals surface area (Å²) in [6.07, 6.45) is 0.793. The zero-order valence-corrected chi connectivity index (χ0v) is 8.41. The van der Waals surface area contributed by atoms with E-state index in [1.165, 1.54) is 0 Å². The molecule has 1 unspecified atom stereocenters. The average molecular weight is 218 g/mol. The largest absolute Gasteiger partial charge is 0.363 e. The molecule has 0 N–H and O–H groups in total. The van der Waals surface area contributed by atoms with Crippen molar-refractivity contribution in [3.8, 4) is 0 Å². The van der Waals surface area contributed by atoms with Crippen LogP contribution >= 0.6 is 29.7 Å². The SMILES string of the molecule is O=P1(Cl)OCCN1CCCCl. The van der Waals surface area contributed by atoms with Crippen LogP contribution in [0.15, 0.2) is 0 Å². The Hall–Kier alpha value is 0.730. The fourth-order valence-corrected chi connectivity index (χ4v) is 2.88. The maximum absolute atomic E-state index is 11.3. The van der Waals surface area contributed by atoms with Gasteiger partial charge in [-0.1, -0.05) is 0 Å². The molecule has 0 saturated carbocycles. The van der Waals surface area contributed by atoms with Gasteiger partial charge in [0.2, 0.25) is 0 Å². The molecule has 1 heterocycles. The molecule has 11 heavy (non-hydrogen) atoms. The molecule has 0 amide bonds. The lowest BCUT2D eigenvalue weighted by Gasteiger charge is -2.15. The van der Waals surface area contributed by atoms with Gasteiger partial charge >= 0.3 is 6.87 Å². The van der Waals surface area contributed by atoms with Gasteiger partial charge in [0.15, 0.2) is 0 Å². The van der Waals surface area contributed by atoms with Crippen molar-refractivity contribution in [1.82, 2.24) is 4.67 Å². The monoisotopic (exact) mass is 217 g/mol. The van der Waals surface area contributed by atoms with Crippen LogP contribution < -0.4 is 0 Å². The highest BCUT2D eigenvalue weighted by molar-refractivity contribution is 7.83. The van der Waals surface area contributed by atoms with E-state index in [1.807, 2.05) is 0 Å². The Morgan fingerprint density at radius 2 is 2.36 bits per heavy atom. The summed E-state index contributed by atoms with van der Waals surface area (Å²) < 4.78 is 17.8. The number of halogens is 2. The van der Waals surface area contributed by atoms with Crippen molar-refractivity contribution < 1.29 is 9.09 Å². The highest BCUT2D eigenvalue weighted by atomic mass is 35.7. The second kappa shape index (κ2) is 4.11. The van der Waals surface area contributed by atoms with Crippen LogP contribution in [-0.4, -0.2) is 30.2 Å². The van der Waals surface area contributed by atoms with Crippen LogP contribution in [0, 0.1) is 0 Å². The van der Waals surface area contributed by atoms with Crippen LogP contribution in [0.2, 0.25) is 0 Å². The van der Waals surface area contributed by atoms with Gasteiger partial charge in [-0.25, -0.2) is 4.67 Å². The van der Waals surface area contributed by atoms with E-state index in [1.54, 1.807) is 4.67 Å². The predicted octanol–water partition coefficient (Wildman–Crippen LogP) is 2.29. The van der Waals surface area contributed by atoms with Crippen molar-refractivity contribution in [3.63, 3.8) is 0 Å². The summed E-state index contributed by atoms with van der Waals surface area (Å²) >= 11 is 11.1. The van der Waals surface area contributed by atoms with Gasteiger partial charge in [0.25, 0.3) is 0 Å². The summed E-state index contributed by atoms with van der Waals surface area (Å²) in [7, 11) is 0. The molecule has 66 valence electrons. The van der Waals surface area contributed by atoms with Gasteiger partial charge in [-0.2, -0.15) is 0 Å². The molecule has 0 spiro atoms. The standard InChI is InChI=1S/C5H10Cl2NO2P/c6-2-1-3-8-4-5-10-11(8,7)9/h1-5H2. The molecular formula is C5H10Cl2NO2P. The lowest BCUT2D eigenvalue weighted by Crippen LogP contribution is -2.16. The molecule has 1 fully saturated rings. The van der Waals surface area contributed by atoms with Gasteiger partial charge in [-0.15, -0.1) is 11.6 Å². The minimum Gasteiger partial charge on any atom is -0.305 e. The maximum Gasteiger partial charge on any atom is 0.363 e. The normalized spacial score (nSPS) is 32.9. The van der Waals surface area contributed by atoms with Gasteiger partial charge in [0.1, 0.15) is 0 Å². The Balaban J connectivity index is 2.39. The first kappa shape index (κ1) is 9.82. The van der Waals surface area contributed by atoms with E-state index in [9.17, 15) is 4.57 Å². The van der Waals surface area contributed by atoms with E-state index in [0.717, 1.165) is 6.42 Å². The minimum atomic E-state index is -2.94. The molecule has 0 aliphatic carbocycles. The molecule has 0 aromatic rings. The summed E-state index contributed by atoms with van der Waals surface area (Å²) in [5, 5.41) is 0. The molecule has 0 aromatic carbocycles. The van der Waals surface area contributed by atoms with Gasteiger partial charge in [0, 0.05) is 19.0 Å². The van der Waals surface area contributed by atoms with Crippen molar-refractivity contribution in [2.24, 2.45) is 0 Å². The molecule has 0 aromatic heterocycles. The molecular weight excluding hydrogens is 208 g/mol. The first-order valence-corrected chi connectivity index (χ1v) is 6.44. The molecule has 0 bridgehead atoms. The van der Waals surface area contributed by atoms with E-state index < -0.39 is 6.87 Å². The molecule has 1 rings (SSSR count). The molecule has 1 aliphatic heterocycles. The zero-order valence-electron chi connectivity index (χ0n) is 6.00. The minimum absolute atomic E-state index is 0.461. The number of nitrogens with zero attached hydrogens (tertiary/aromatic N) is 1. The van der Waals surface area contributed by atoms with E-state index in [-0.39, 0.29) is 0 Å². The molecule has 6 heteroatoms. The Kier molecular flexibility index (Phi) is 3.66. The summed E-state index contributed by atoms with van der Waals surface area (Å²) in [5.74, 6) is 0.563. The number of hydrogen-bond acceptors (Lipinski definition) is 2. The summed E-state index contributed by atoms with van der Waals surface area (Å²) in [6.45, 7) is -1.17. The zero-order chi connectivity index (χ0) is 8.32. The summed E-state index contributed by atoms with van der Waals surface area (Å²) in [6, 6.07) is 0. The number of hydrogen-bond donors (Lipinski definition) is 0. The highest BCUT2D eigenvalue weighted by Crippen LogP contribution is 2.58. The van der Waals surface area contributed by atoms with E-state index in [0.29, 0.717) is 25.6 Å². The molecule has 0 radical (unpaired) electrons. The molecule has 1 aliphatic rings. The highest BCUT2D eigenvalue weighted by Gasteiger charge is 2.34. The van der Waals surface area contributed by atoms with Gasteiger partial charge < -0.3 is 4.52 Å². The quantitative estimate of drug-likeness (QED) is 0.537. The van der Waals surface area contributed by atoms with Crippen molar-refractivity contribution in [2.45, 2.75) is 6.42 Å². The van der Waals surface area contributed by atoms with Crippen molar-refractivity contribution >= 4 is 29.7 Å². The van der Waals surface area contributed by atoms with Crippen LogP contribution in [0.4, 0.5) is 0 Å². The molecule has 1 saturated heterocycles. The Bertz CT molecular complexity index is 178. The lowest BCUT2D eigenvalue weighted by atomic mass is 10.5. The van der Waals surface area contributed by atoms with Crippen molar-refractivity contribution in [3.05, 3.63) is 0 Å². The van der Waals surface area contributed by atoms with Crippen molar-refractivity contribution in [1.29, 1.82) is 0 Å². The second-order valence-electron chi connectivity index (χ2n) is 2.28. The van der Waals surface area contributed by atoms with E-state index >= 15 is 0 Å². The Morgan fingerprint density at radius 1 is 1.64 bits per heavy atom. The van der Waals surface area contributed by atoms with Gasteiger partial charge in [0.05, 0.1) is 6.61 Å². The van der Waals surface area contributed by atoms with Crippen LogP contribution in [0.5, 0.6) is 0 Å². The average Bonchev–Trinajstić information content (AvgIpc) is 2.25. The summed E-state index contributed by atoms with van der Waals surface area (Å²) in [4.78, 5) is 0. The Labute approximate surface area is 75.9 Å². The van der Waals surface area contributed by atoms with Gasteiger partial charge in [-0.05, 0) is 17.7 Å². The maximum atomic E-state index is 11.3. The Morgan fingerprint density at radius 3 is 2.82 bits per heavy atom. The van der Waals surface area contributed by atoms with Crippen molar-refractivity contribution in [2.75, 3.05) is 25.6 Å². The van der Waals surface area contributed by atoms with E-state index in [4.69, 9.17) is 27.4 Å². The van der Waals surface area contributed by atoms with Crippen LogP contribution in [0.25, 0.3) is 0 Å². The smallest absolute Gasteiger partial charge is 0.305 e. The lowest BCUT2D eigenvalue weighted by molar-refractivity contribution is 0.369. The third kappa shape index (κ3) is 2.60. The fourth-order valence-electron chi connectivity index (χ4n) is 0.933. The van der Waals surface area contributed by atoms with Gasteiger partial charge in [-0.3, -0.25) is 4.57 Å².